The van der Waals surface area contributed by atoms with E-state index in [-0.39, 0.29) is 30.5 Å². The molecule has 16 heteroatoms. The number of rotatable bonds is 32. The highest BCUT2D eigenvalue weighted by Gasteiger charge is 2.15. The van der Waals surface area contributed by atoms with E-state index >= 15 is 0 Å². The van der Waals surface area contributed by atoms with Crippen molar-refractivity contribution in [3.63, 3.8) is 0 Å². The molecule has 0 unspecified atom stereocenters. The first kappa shape index (κ1) is 55.3. The summed E-state index contributed by atoms with van der Waals surface area (Å²) in [4.78, 5) is 77.6. The number of unbranched alkanes of at least 4 members (excludes halogenated alkanes) is 6. The summed E-state index contributed by atoms with van der Waals surface area (Å²) in [6.45, 7) is 11.1. The van der Waals surface area contributed by atoms with Crippen LogP contribution in [0.4, 0.5) is 0 Å². The van der Waals surface area contributed by atoms with Gasteiger partial charge in [-0.1, -0.05) is 31.4 Å². The molecule has 0 aliphatic carbocycles. The maximum atomic E-state index is 12.7. The van der Waals surface area contributed by atoms with Gasteiger partial charge in [-0.25, -0.2) is 24.2 Å². The number of benzene rings is 4. The van der Waals surface area contributed by atoms with Crippen molar-refractivity contribution >= 4 is 30.2 Å². The van der Waals surface area contributed by atoms with Crippen LogP contribution in [0, 0.1) is 6.92 Å². The average molecular weight is 943 g/mol. The molecular weight excluding hydrogens is 881 g/mol. The van der Waals surface area contributed by atoms with Gasteiger partial charge in [0.1, 0.15) is 30.1 Å². The van der Waals surface area contributed by atoms with Crippen LogP contribution in [0.5, 0.6) is 34.5 Å². The van der Waals surface area contributed by atoms with Crippen molar-refractivity contribution < 1.29 is 76.7 Å². The van der Waals surface area contributed by atoms with E-state index in [4.69, 9.17) is 47.8 Å². The Morgan fingerprint density at radius 2 is 1.12 bits per heavy atom. The summed E-state index contributed by atoms with van der Waals surface area (Å²) in [5, 5.41) is 0. The monoisotopic (exact) mass is 942 g/mol. The topological polar surface area (TPSA) is 187 Å². The molecule has 4 rings (SSSR count). The first-order valence-corrected chi connectivity index (χ1v) is 22.2. The third-order valence-corrected chi connectivity index (χ3v) is 9.50. The van der Waals surface area contributed by atoms with Gasteiger partial charge in [0, 0.05) is 30.2 Å². The third-order valence-electron chi connectivity index (χ3n) is 9.50. The lowest BCUT2D eigenvalue weighted by atomic mass is 10.1. The number of carbonyl (C=O) groups is 5. The highest BCUT2D eigenvalue weighted by molar-refractivity contribution is 5.91. The Hall–Kier alpha value is -7.01. The maximum Gasteiger partial charge on any atom is 0.343 e. The highest BCUT2D eigenvalue weighted by Crippen LogP contribution is 2.32. The standard InChI is InChI=1S/C35H38O11.C17H24O5/c1-4-33(37)42-20-8-6-5-7-19-41-28-15-12-26(13-16-28)35(39)45-31-18-17-30(23-32(31)40-3)46-43-21-9-10-34(38)44-29-14-11-25(2)27(22-29)24-36;1-3-17(18)21-13-7-5-4-6-12-20-16-10-8-15(9-11-16)14-22-19-2/h4,11-18,22-24H,1,5-10,19-21H2,2-3H3;3,8-11H,1,4-7,12-14H2,2H3. The Bertz CT molecular complexity index is 2150. The summed E-state index contributed by atoms with van der Waals surface area (Å²) < 4.78 is 37.3. The van der Waals surface area contributed by atoms with Gasteiger partial charge in [-0.05, 0) is 137 Å². The van der Waals surface area contributed by atoms with Crippen LogP contribution in [0.1, 0.15) is 96.1 Å². The van der Waals surface area contributed by atoms with Gasteiger partial charge in [-0.2, -0.15) is 4.89 Å². The minimum Gasteiger partial charge on any atom is -0.494 e. The highest BCUT2D eigenvalue weighted by atomic mass is 17.2. The lowest BCUT2D eigenvalue weighted by Crippen LogP contribution is -2.10. The van der Waals surface area contributed by atoms with Crippen LogP contribution in [-0.4, -0.2) is 77.4 Å². The van der Waals surface area contributed by atoms with Gasteiger partial charge in [0.15, 0.2) is 17.2 Å². The molecule has 0 aromatic heterocycles. The van der Waals surface area contributed by atoms with Crippen molar-refractivity contribution in [1.82, 2.24) is 0 Å². The lowest BCUT2D eigenvalue weighted by molar-refractivity contribution is -0.282. The van der Waals surface area contributed by atoms with Gasteiger partial charge < -0.3 is 38.0 Å². The second-order valence-corrected chi connectivity index (χ2v) is 14.7. The molecule has 0 bridgehead atoms. The molecule has 4 aromatic carbocycles. The number of aldehydes is 1. The van der Waals surface area contributed by atoms with Crippen LogP contribution in [0.3, 0.4) is 0 Å². The summed E-state index contributed by atoms with van der Waals surface area (Å²) in [6.07, 6.45) is 10.8. The molecule has 0 fully saturated rings. The van der Waals surface area contributed by atoms with Gasteiger partial charge in [0.05, 0.1) is 52.8 Å². The normalized spacial score (nSPS) is 10.3. The average Bonchev–Trinajstić information content (AvgIpc) is 3.36. The zero-order chi connectivity index (χ0) is 49.2. The van der Waals surface area contributed by atoms with Crippen molar-refractivity contribution in [1.29, 1.82) is 0 Å². The zero-order valence-electron chi connectivity index (χ0n) is 39.1. The van der Waals surface area contributed by atoms with Crippen LogP contribution in [0.2, 0.25) is 0 Å². The number of ether oxygens (including phenoxy) is 7. The van der Waals surface area contributed by atoms with Crippen LogP contribution in [0.25, 0.3) is 0 Å². The third kappa shape index (κ3) is 22.9. The van der Waals surface area contributed by atoms with E-state index in [1.165, 1.54) is 38.5 Å². The first-order valence-electron chi connectivity index (χ1n) is 22.2. The molecule has 0 radical (unpaired) electrons. The van der Waals surface area contributed by atoms with E-state index in [0.29, 0.717) is 74.1 Å². The number of esters is 4. The summed E-state index contributed by atoms with van der Waals surface area (Å²) in [5.41, 5.74) is 2.61. The van der Waals surface area contributed by atoms with E-state index < -0.39 is 17.9 Å². The van der Waals surface area contributed by atoms with Gasteiger partial charge in [0.2, 0.25) is 0 Å². The van der Waals surface area contributed by atoms with E-state index in [1.54, 1.807) is 49.4 Å². The van der Waals surface area contributed by atoms with Gasteiger partial charge in [0.25, 0.3) is 0 Å². The summed E-state index contributed by atoms with van der Waals surface area (Å²) in [6, 6.07) is 23.8. The van der Waals surface area contributed by atoms with Crippen molar-refractivity contribution in [3.05, 3.63) is 132 Å². The Morgan fingerprint density at radius 3 is 1.68 bits per heavy atom. The fourth-order valence-electron chi connectivity index (χ4n) is 5.77. The molecule has 0 amide bonds. The molecule has 4 aromatic rings. The number of hydrogen-bond acceptors (Lipinski definition) is 16. The van der Waals surface area contributed by atoms with E-state index in [2.05, 4.69) is 18.0 Å². The number of methoxy groups -OCH3 is 1. The molecule has 0 saturated carbocycles. The molecule has 0 aliphatic rings. The minimum absolute atomic E-state index is 0.0803. The Morgan fingerprint density at radius 1 is 0.559 bits per heavy atom. The van der Waals surface area contributed by atoms with Crippen molar-refractivity contribution in [3.8, 4) is 34.5 Å². The number of carbonyl (C=O) groups excluding carboxylic acids is 5. The Kier molecular flexibility index (Phi) is 27.2. The molecule has 0 aliphatic heterocycles. The minimum atomic E-state index is -0.577. The summed E-state index contributed by atoms with van der Waals surface area (Å²) >= 11 is 0. The van der Waals surface area contributed by atoms with Crippen LogP contribution < -0.4 is 28.6 Å². The molecule has 0 atom stereocenters. The summed E-state index contributed by atoms with van der Waals surface area (Å²) in [5.74, 6) is 0.719. The van der Waals surface area contributed by atoms with Gasteiger partial charge >= 0.3 is 23.9 Å². The van der Waals surface area contributed by atoms with E-state index in [0.717, 1.165) is 74.3 Å². The van der Waals surface area contributed by atoms with Crippen LogP contribution in [0.15, 0.2) is 110 Å². The fraction of sp³-hybridized carbons (Fsp3) is 0.365. The zero-order valence-corrected chi connectivity index (χ0v) is 39.1. The molecule has 16 nitrogen and oxygen atoms in total. The fourth-order valence-corrected chi connectivity index (χ4v) is 5.77. The first-order chi connectivity index (χ1) is 33.1. The van der Waals surface area contributed by atoms with E-state index in [9.17, 15) is 24.0 Å². The largest absolute Gasteiger partial charge is 0.494 e. The predicted molar refractivity (Wildman–Crippen MR) is 251 cm³/mol. The molecule has 0 N–H and O–H groups in total. The summed E-state index contributed by atoms with van der Waals surface area (Å²) in [7, 11) is 2.92. The molecule has 366 valence electrons. The molecule has 68 heavy (non-hydrogen) atoms. The SMILES string of the molecule is C=CC(=O)OCCCCCCOc1ccc(C(=O)Oc2ccc(OOCCCC(=O)Oc3ccc(C)c(C=O)c3)cc2OC)cc1.C=CC(=O)OCCCCCCOc1ccc(COOC)cc1. The second kappa shape index (κ2) is 33.5. The quantitative estimate of drug-likeness (QED) is 0.00855. The molecule has 0 saturated heterocycles. The smallest absolute Gasteiger partial charge is 0.343 e. The van der Waals surface area contributed by atoms with Crippen molar-refractivity contribution in [2.75, 3.05) is 47.3 Å². The maximum absolute atomic E-state index is 12.7. The number of aryl methyl sites for hydroxylation is 1. The van der Waals surface area contributed by atoms with Crippen molar-refractivity contribution in [2.45, 2.75) is 77.7 Å². The van der Waals surface area contributed by atoms with Crippen LogP contribution >= 0.6 is 0 Å². The predicted octanol–water partition coefficient (Wildman–Crippen LogP) is 9.83. The van der Waals surface area contributed by atoms with E-state index in [1.807, 2.05) is 24.3 Å². The molecule has 0 spiro atoms. The lowest BCUT2D eigenvalue weighted by Gasteiger charge is -2.12. The number of hydrogen-bond donors (Lipinski definition) is 0. The molecular formula is C52H62O16. The van der Waals surface area contributed by atoms with Gasteiger partial charge in [-0.3, -0.25) is 9.59 Å². The Balaban J connectivity index is 0.000000466. The van der Waals surface area contributed by atoms with Crippen molar-refractivity contribution in [2.24, 2.45) is 0 Å². The van der Waals surface area contributed by atoms with Crippen LogP contribution in [-0.2, 0) is 45.1 Å². The van der Waals surface area contributed by atoms with Gasteiger partial charge in [-0.15, -0.1) is 0 Å². The Labute approximate surface area is 397 Å². The molecule has 0 heterocycles. The second-order valence-electron chi connectivity index (χ2n) is 14.7.